The topological polar surface area (TPSA) is 48.4 Å². The van der Waals surface area contributed by atoms with Gasteiger partial charge in [0.2, 0.25) is 5.88 Å². The first-order chi connectivity index (χ1) is 14.0. The normalized spacial score (nSPS) is 21.6. The number of carbonyl (C=O) groups is 1. The first-order valence-electron chi connectivity index (χ1n) is 9.35. The van der Waals surface area contributed by atoms with Crippen molar-refractivity contribution in [2.45, 2.75) is 33.1 Å². The summed E-state index contributed by atoms with van der Waals surface area (Å²) in [6, 6.07) is 14.2. The number of hydrogen-bond acceptors (Lipinski definition) is 4. The number of rotatable bonds is 6. The number of carbonyl (C=O) groups excluding carboxylic acids is 1. The molecule has 4 nitrogen and oxygen atoms in total. The summed E-state index contributed by atoms with van der Waals surface area (Å²) < 4.78 is 49.3. The number of nitrogens with zero attached hydrogens (tertiary/aromatic N) is 1. The highest BCUT2D eigenvalue weighted by atomic mass is 35.5. The fourth-order valence-electron chi connectivity index (χ4n) is 3.32. The second-order valence-corrected chi connectivity index (χ2v) is 8.14. The van der Waals surface area contributed by atoms with E-state index in [-0.39, 0.29) is 0 Å². The zero-order chi connectivity index (χ0) is 22.1. The average Bonchev–Trinajstić information content (AvgIpc) is 3.22. The Morgan fingerprint density at radius 3 is 2.47 bits per heavy atom. The van der Waals surface area contributed by atoms with E-state index < -0.39 is 40.5 Å². The number of pyridine rings is 1. The fraction of sp³-hybridized carbons (Fsp3) is 0.364. The van der Waals surface area contributed by atoms with Crippen molar-refractivity contribution in [2.24, 2.45) is 17.3 Å². The lowest BCUT2D eigenvalue weighted by atomic mass is 10.1. The lowest BCUT2D eigenvalue weighted by Crippen LogP contribution is -2.14. The van der Waals surface area contributed by atoms with Gasteiger partial charge in [0.25, 0.3) is 0 Å². The molecule has 1 fully saturated rings. The van der Waals surface area contributed by atoms with Gasteiger partial charge < -0.3 is 9.47 Å². The number of halogens is 4. The van der Waals surface area contributed by atoms with Crippen LogP contribution in [-0.4, -0.2) is 17.1 Å². The van der Waals surface area contributed by atoms with Crippen molar-refractivity contribution in [3.8, 4) is 11.6 Å². The molecule has 8 heteroatoms. The summed E-state index contributed by atoms with van der Waals surface area (Å²) in [5.41, 5.74) is -0.205. The lowest BCUT2D eigenvalue weighted by molar-refractivity contribution is -0.151. The van der Waals surface area contributed by atoms with Gasteiger partial charge in [0.1, 0.15) is 16.9 Å². The Morgan fingerprint density at radius 2 is 1.83 bits per heavy atom. The molecule has 0 aliphatic heterocycles. The fourth-order valence-corrected chi connectivity index (χ4v) is 3.46. The van der Waals surface area contributed by atoms with Gasteiger partial charge in [0, 0.05) is 6.07 Å². The van der Waals surface area contributed by atoms with E-state index in [4.69, 9.17) is 21.1 Å². The van der Waals surface area contributed by atoms with Crippen LogP contribution in [0.4, 0.5) is 13.2 Å². The van der Waals surface area contributed by atoms with E-state index in [1.54, 1.807) is 51.1 Å². The lowest BCUT2D eigenvalue weighted by Gasteiger charge is -2.14. The van der Waals surface area contributed by atoms with Gasteiger partial charge in [0.15, 0.2) is 0 Å². The highest BCUT2D eigenvalue weighted by Crippen LogP contribution is 2.60. The van der Waals surface area contributed by atoms with Crippen molar-refractivity contribution < 1.29 is 27.4 Å². The third kappa shape index (κ3) is 4.95. The monoisotopic (exact) mass is 439 g/mol. The van der Waals surface area contributed by atoms with E-state index in [0.29, 0.717) is 17.3 Å². The second kappa shape index (κ2) is 8.30. The molecule has 3 atom stereocenters. The molecule has 1 heterocycles. The summed E-state index contributed by atoms with van der Waals surface area (Å²) in [5.74, 6) is -0.989. The molecule has 1 aliphatic rings. The average molecular weight is 440 g/mol. The summed E-state index contributed by atoms with van der Waals surface area (Å²) in [6.45, 7) is 5.06. The molecule has 30 heavy (non-hydrogen) atoms. The van der Waals surface area contributed by atoms with Crippen LogP contribution in [0.2, 0.25) is 0 Å². The van der Waals surface area contributed by atoms with E-state index in [1.807, 2.05) is 18.2 Å². The van der Waals surface area contributed by atoms with E-state index in [0.717, 1.165) is 6.08 Å². The van der Waals surface area contributed by atoms with Crippen LogP contribution >= 0.6 is 11.6 Å². The molecule has 1 saturated carbocycles. The van der Waals surface area contributed by atoms with Crippen molar-refractivity contribution >= 4 is 17.6 Å². The molecule has 2 aromatic rings. The van der Waals surface area contributed by atoms with Gasteiger partial charge in [0.05, 0.1) is 11.6 Å². The largest absolute Gasteiger partial charge is 0.456 e. The molecule has 0 bridgehead atoms. The Bertz CT molecular complexity index is 944. The van der Waals surface area contributed by atoms with Crippen molar-refractivity contribution in [1.29, 1.82) is 0 Å². The summed E-state index contributed by atoms with van der Waals surface area (Å²) in [5, 5.41) is -1.23. The summed E-state index contributed by atoms with van der Waals surface area (Å²) in [4.78, 5) is 16.9. The van der Waals surface area contributed by atoms with E-state index >= 15 is 0 Å². The number of ether oxygens (including phenoxy) is 2. The Hall–Kier alpha value is -2.54. The third-order valence-electron chi connectivity index (χ3n) is 5.18. The maximum absolute atomic E-state index is 12.7. The van der Waals surface area contributed by atoms with Gasteiger partial charge in [-0.3, -0.25) is 4.79 Å². The van der Waals surface area contributed by atoms with Crippen LogP contribution in [0.3, 0.4) is 0 Å². The maximum atomic E-state index is 12.7. The quantitative estimate of drug-likeness (QED) is 0.486. The molecular formula is C22H21ClF3NO3. The van der Waals surface area contributed by atoms with Crippen molar-refractivity contribution in [3.63, 3.8) is 0 Å². The zero-order valence-corrected chi connectivity index (χ0v) is 17.4. The molecule has 3 rings (SSSR count). The van der Waals surface area contributed by atoms with Crippen molar-refractivity contribution in [1.82, 2.24) is 4.98 Å². The minimum Gasteiger partial charge on any atom is -0.456 e. The zero-order valence-electron chi connectivity index (χ0n) is 16.6. The number of allylic oxidation sites excluding steroid dienone is 2. The summed E-state index contributed by atoms with van der Waals surface area (Å²) in [6.07, 6.45) is -4.44. The molecule has 0 radical (unpaired) electrons. The summed E-state index contributed by atoms with van der Waals surface area (Å²) >= 11 is 5.33. The van der Waals surface area contributed by atoms with Crippen molar-refractivity contribution in [3.05, 3.63) is 65.3 Å². The summed E-state index contributed by atoms with van der Waals surface area (Å²) in [7, 11) is 0. The second-order valence-electron chi connectivity index (χ2n) is 7.73. The smallest absolute Gasteiger partial charge is 0.426 e. The van der Waals surface area contributed by atoms with Crippen LogP contribution in [0.5, 0.6) is 11.6 Å². The number of esters is 1. The van der Waals surface area contributed by atoms with Gasteiger partial charge in [-0.2, -0.15) is 13.2 Å². The maximum Gasteiger partial charge on any atom is 0.426 e. The molecule has 0 spiro atoms. The highest BCUT2D eigenvalue weighted by molar-refractivity contribution is 6.30. The minimum absolute atomic E-state index is 0.339. The van der Waals surface area contributed by atoms with E-state index in [9.17, 15) is 18.0 Å². The van der Waals surface area contributed by atoms with Gasteiger partial charge in [-0.05, 0) is 36.5 Å². The van der Waals surface area contributed by atoms with Gasteiger partial charge in [-0.1, -0.05) is 55.8 Å². The molecule has 0 saturated heterocycles. The van der Waals surface area contributed by atoms with Crippen LogP contribution < -0.4 is 4.74 Å². The predicted octanol–water partition coefficient (Wildman–Crippen LogP) is 6.44. The Labute approximate surface area is 177 Å². The van der Waals surface area contributed by atoms with Gasteiger partial charge in [-0.25, -0.2) is 4.98 Å². The standard InChI is InChI=1S/C22H21ClF3NO3/c1-13(16-10-7-11-18(27-16)30-14-8-5-4-6-9-14)29-20(28)19-15(21(19,2)3)12-17(23)22(24,25)26/h4-13,15,19H,1-3H3/t13?,15-,19-/m1/s1. The van der Waals surface area contributed by atoms with Gasteiger partial charge in [-0.15, -0.1) is 0 Å². The molecule has 1 unspecified atom stereocenters. The van der Waals surface area contributed by atoms with Crippen LogP contribution in [-0.2, 0) is 9.53 Å². The Balaban J connectivity index is 1.67. The number of alkyl halides is 3. The molecule has 1 aromatic heterocycles. The van der Waals surface area contributed by atoms with Crippen molar-refractivity contribution in [2.75, 3.05) is 0 Å². The van der Waals surface area contributed by atoms with Crippen LogP contribution in [0.25, 0.3) is 0 Å². The molecule has 0 N–H and O–H groups in total. The molecule has 0 amide bonds. The molecule has 1 aromatic carbocycles. The molecule has 1 aliphatic carbocycles. The van der Waals surface area contributed by atoms with Crippen LogP contribution in [0.1, 0.15) is 32.6 Å². The number of benzene rings is 1. The first-order valence-corrected chi connectivity index (χ1v) is 9.73. The minimum atomic E-state index is -4.63. The first kappa shape index (κ1) is 22.2. The van der Waals surface area contributed by atoms with Gasteiger partial charge >= 0.3 is 12.1 Å². The number of para-hydroxylation sites is 1. The van der Waals surface area contributed by atoms with E-state index in [1.165, 1.54) is 0 Å². The van der Waals surface area contributed by atoms with E-state index in [2.05, 4.69) is 4.98 Å². The molecular weight excluding hydrogens is 419 g/mol. The van der Waals surface area contributed by atoms with Crippen LogP contribution in [0, 0.1) is 17.3 Å². The predicted molar refractivity (Wildman–Crippen MR) is 106 cm³/mol. The Kier molecular flexibility index (Phi) is 6.13. The SMILES string of the molecule is CC(OC(=O)[C@H]1[C@@H](C=C(Cl)C(F)(F)F)C1(C)C)c1cccc(Oc2ccccc2)n1. The van der Waals surface area contributed by atoms with Crippen LogP contribution in [0.15, 0.2) is 59.6 Å². The molecule has 160 valence electrons. The highest BCUT2D eigenvalue weighted by Gasteiger charge is 2.62. The Morgan fingerprint density at radius 1 is 1.17 bits per heavy atom. The number of aromatic nitrogens is 1. The third-order valence-corrected chi connectivity index (χ3v) is 5.52. The number of hydrogen-bond donors (Lipinski definition) is 0.